The molecule has 1 aliphatic carbocycles. The fourth-order valence-electron chi connectivity index (χ4n) is 3.77. The molecule has 0 spiro atoms. The first-order valence-corrected chi connectivity index (χ1v) is 11.4. The minimum Gasteiger partial charge on any atom is -0.287 e. The van der Waals surface area contributed by atoms with Gasteiger partial charge in [0.05, 0.1) is 4.90 Å². The number of rotatable bonds is 6. The summed E-state index contributed by atoms with van der Waals surface area (Å²) in [6.45, 7) is 4.17. The van der Waals surface area contributed by atoms with Crippen molar-refractivity contribution >= 4 is 38.2 Å². The van der Waals surface area contributed by atoms with E-state index >= 15 is 0 Å². The number of nitrogens with zero attached hydrogens (tertiary/aromatic N) is 2. The minimum absolute atomic E-state index is 0.0330. The summed E-state index contributed by atoms with van der Waals surface area (Å²) in [7, 11) is -3.70. The van der Waals surface area contributed by atoms with Crippen LogP contribution in [-0.4, -0.2) is 43.2 Å². The molecule has 0 radical (unpaired) electrons. The van der Waals surface area contributed by atoms with E-state index in [4.69, 9.17) is 0 Å². The molecule has 0 atom stereocenters. The number of hydrogen-bond acceptors (Lipinski definition) is 5. The zero-order valence-electron chi connectivity index (χ0n) is 17.1. The predicted octanol–water partition coefficient (Wildman–Crippen LogP) is 3.20. The van der Waals surface area contributed by atoms with Gasteiger partial charge in [-0.05, 0) is 23.6 Å². The van der Waals surface area contributed by atoms with Crippen LogP contribution in [0.3, 0.4) is 0 Å². The highest BCUT2D eigenvalue weighted by molar-refractivity contribution is 7.89. The number of carbonyl (C=O) groups is 2. The van der Waals surface area contributed by atoms with Gasteiger partial charge in [0.1, 0.15) is 5.71 Å². The standard InChI is InChI=1S/C23H21N3O4S/c1-3-26(4-2)31(29,30)17-11-5-10-16(14-17)23(28)25-24-21-18-12-6-8-15-9-7-13-19(20(15)18)22(21)27/h5-14H,3-4H2,1-2H3,(H,25,28)/b24-21+. The second-order valence-corrected chi connectivity index (χ2v) is 8.99. The lowest BCUT2D eigenvalue weighted by molar-refractivity contribution is 0.0954. The number of hydrazone groups is 1. The number of amides is 1. The number of carbonyl (C=O) groups excluding carboxylic acids is 2. The van der Waals surface area contributed by atoms with Crippen LogP contribution in [0.4, 0.5) is 0 Å². The third kappa shape index (κ3) is 3.54. The largest absolute Gasteiger partial charge is 0.287 e. The van der Waals surface area contributed by atoms with Crippen LogP contribution in [0.15, 0.2) is 70.7 Å². The molecule has 3 aromatic carbocycles. The highest BCUT2D eigenvalue weighted by Gasteiger charge is 2.29. The Morgan fingerprint density at radius 2 is 1.61 bits per heavy atom. The van der Waals surface area contributed by atoms with Crippen molar-refractivity contribution in [1.29, 1.82) is 0 Å². The Kier molecular flexibility index (Phi) is 5.43. The van der Waals surface area contributed by atoms with Crippen LogP contribution in [0.25, 0.3) is 10.8 Å². The van der Waals surface area contributed by atoms with E-state index in [1.54, 1.807) is 26.0 Å². The number of benzene rings is 3. The molecule has 1 aliphatic rings. The summed E-state index contributed by atoms with van der Waals surface area (Å²) in [5, 5.41) is 5.83. The summed E-state index contributed by atoms with van der Waals surface area (Å²) >= 11 is 0. The van der Waals surface area contributed by atoms with Gasteiger partial charge in [-0.2, -0.15) is 9.41 Å². The number of ketones is 1. The van der Waals surface area contributed by atoms with Crippen LogP contribution in [0.2, 0.25) is 0 Å². The molecule has 31 heavy (non-hydrogen) atoms. The molecule has 7 nitrogen and oxygen atoms in total. The molecule has 8 heteroatoms. The van der Waals surface area contributed by atoms with Gasteiger partial charge < -0.3 is 0 Å². The Hall–Kier alpha value is -3.36. The number of hydrogen-bond donors (Lipinski definition) is 1. The van der Waals surface area contributed by atoms with Gasteiger partial charge in [-0.15, -0.1) is 0 Å². The van der Waals surface area contributed by atoms with Crippen LogP contribution in [-0.2, 0) is 10.0 Å². The lowest BCUT2D eigenvalue weighted by Gasteiger charge is -2.18. The van der Waals surface area contributed by atoms with E-state index in [0.717, 1.165) is 10.8 Å². The zero-order chi connectivity index (χ0) is 22.2. The average Bonchev–Trinajstić information content (AvgIpc) is 3.06. The van der Waals surface area contributed by atoms with Gasteiger partial charge in [0.15, 0.2) is 0 Å². The maximum Gasteiger partial charge on any atom is 0.271 e. The normalized spacial score (nSPS) is 14.5. The molecular weight excluding hydrogens is 414 g/mol. The molecule has 3 aromatic rings. The first kappa shape index (κ1) is 20.9. The van der Waals surface area contributed by atoms with Crippen LogP contribution in [0.5, 0.6) is 0 Å². The lowest BCUT2D eigenvalue weighted by Crippen LogP contribution is -2.31. The molecule has 0 aromatic heterocycles. The minimum atomic E-state index is -3.70. The molecule has 0 saturated heterocycles. The van der Waals surface area contributed by atoms with E-state index in [9.17, 15) is 18.0 Å². The van der Waals surface area contributed by atoms with E-state index in [-0.39, 0.29) is 22.0 Å². The SMILES string of the molecule is CCN(CC)S(=O)(=O)c1cccc(C(=O)N/N=C2/C(=O)c3cccc4cccc2c34)c1. The Morgan fingerprint density at radius 1 is 0.968 bits per heavy atom. The quantitative estimate of drug-likeness (QED) is 0.602. The molecule has 1 amide bonds. The maximum atomic E-state index is 12.8. The Bertz CT molecular complexity index is 1340. The first-order chi connectivity index (χ1) is 14.9. The summed E-state index contributed by atoms with van der Waals surface area (Å²) in [6.07, 6.45) is 0. The topological polar surface area (TPSA) is 95.9 Å². The van der Waals surface area contributed by atoms with E-state index in [2.05, 4.69) is 10.5 Å². The van der Waals surface area contributed by atoms with Crippen molar-refractivity contribution in [2.75, 3.05) is 13.1 Å². The van der Waals surface area contributed by atoms with Crippen LogP contribution >= 0.6 is 0 Å². The van der Waals surface area contributed by atoms with Crippen molar-refractivity contribution in [1.82, 2.24) is 9.73 Å². The van der Waals surface area contributed by atoms with E-state index < -0.39 is 15.9 Å². The molecule has 0 aliphatic heterocycles. The number of sulfonamides is 1. The van der Waals surface area contributed by atoms with Crippen molar-refractivity contribution in [3.05, 3.63) is 77.4 Å². The monoisotopic (exact) mass is 435 g/mol. The van der Waals surface area contributed by atoms with Crippen molar-refractivity contribution in [3.8, 4) is 0 Å². The van der Waals surface area contributed by atoms with E-state index in [1.165, 1.54) is 28.6 Å². The molecule has 0 bridgehead atoms. The number of Topliss-reactive ketones (excluding diaryl/α,β-unsaturated/α-hetero) is 1. The lowest BCUT2D eigenvalue weighted by atomic mass is 10.1. The van der Waals surface area contributed by atoms with Crippen LogP contribution in [0.1, 0.15) is 40.1 Å². The van der Waals surface area contributed by atoms with Gasteiger partial charge in [0.2, 0.25) is 15.8 Å². The Morgan fingerprint density at radius 3 is 2.29 bits per heavy atom. The van der Waals surface area contributed by atoms with Crippen LogP contribution in [0, 0.1) is 0 Å². The third-order valence-electron chi connectivity index (χ3n) is 5.33. The molecule has 0 saturated carbocycles. The fraction of sp³-hybridized carbons (Fsp3) is 0.174. The second-order valence-electron chi connectivity index (χ2n) is 7.06. The molecular formula is C23H21N3O4S. The molecule has 0 unspecified atom stereocenters. The highest BCUT2D eigenvalue weighted by atomic mass is 32.2. The molecule has 0 heterocycles. The van der Waals surface area contributed by atoms with Gasteiger partial charge in [0, 0.05) is 35.2 Å². The average molecular weight is 436 g/mol. The predicted molar refractivity (Wildman–Crippen MR) is 119 cm³/mol. The smallest absolute Gasteiger partial charge is 0.271 e. The molecule has 4 rings (SSSR count). The van der Waals surface area contributed by atoms with Crippen molar-refractivity contribution < 1.29 is 18.0 Å². The summed E-state index contributed by atoms with van der Waals surface area (Å²) in [5.74, 6) is -0.856. The van der Waals surface area contributed by atoms with Gasteiger partial charge in [-0.25, -0.2) is 13.8 Å². The van der Waals surface area contributed by atoms with Crippen molar-refractivity contribution in [2.24, 2.45) is 5.10 Å². The van der Waals surface area contributed by atoms with Gasteiger partial charge in [-0.1, -0.05) is 56.3 Å². The summed E-state index contributed by atoms with van der Waals surface area (Å²) in [5.41, 5.74) is 3.91. The van der Waals surface area contributed by atoms with Gasteiger partial charge in [0.25, 0.3) is 5.91 Å². The highest BCUT2D eigenvalue weighted by Crippen LogP contribution is 2.30. The second kappa shape index (κ2) is 8.05. The van der Waals surface area contributed by atoms with Crippen molar-refractivity contribution in [3.63, 3.8) is 0 Å². The summed E-state index contributed by atoms with van der Waals surface area (Å²) in [6, 6.07) is 16.8. The summed E-state index contributed by atoms with van der Waals surface area (Å²) in [4.78, 5) is 25.5. The molecule has 158 valence electrons. The molecule has 1 N–H and O–H groups in total. The van der Waals surface area contributed by atoms with E-state index in [1.807, 2.05) is 24.3 Å². The fourth-order valence-corrected chi connectivity index (χ4v) is 5.27. The zero-order valence-corrected chi connectivity index (χ0v) is 17.9. The van der Waals surface area contributed by atoms with Gasteiger partial charge in [-0.3, -0.25) is 9.59 Å². The Labute approximate surface area is 180 Å². The molecule has 0 fully saturated rings. The third-order valence-corrected chi connectivity index (χ3v) is 7.37. The first-order valence-electron chi connectivity index (χ1n) is 9.93. The van der Waals surface area contributed by atoms with Crippen LogP contribution < -0.4 is 5.43 Å². The number of nitrogens with one attached hydrogen (secondary N) is 1. The van der Waals surface area contributed by atoms with Gasteiger partial charge >= 0.3 is 0 Å². The Balaban J connectivity index is 1.63. The van der Waals surface area contributed by atoms with Crippen molar-refractivity contribution in [2.45, 2.75) is 18.7 Å². The maximum absolute atomic E-state index is 12.8. The summed E-state index contributed by atoms with van der Waals surface area (Å²) < 4.78 is 26.8. The van der Waals surface area contributed by atoms with E-state index in [0.29, 0.717) is 24.2 Å².